The minimum Gasteiger partial charge on any atom is -0.0622 e. The van der Waals surface area contributed by atoms with E-state index in [0.29, 0.717) is 0 Å². The number of benzene rings is 3. The van der Waals surface area contributed by atoms with Gasteiger partial charge in [0.05, 0.1) is 0 Å². The smallest absolute Gasteiger partial charge is 0.0129 e. The van der Waals surface area contributed by atoms with Crippen LogP contribution in [-0.4, -0.2) is 0 Å². The second-order valence-electron chi connectivity index (χ2n) is 14.1. The predicted molar refractivity (Wildman–Crippen MR) is 160 cm³/mol. The van der Waals surface area contributed by atoms with E-state index in [1.165, 1.54) is 38.2 Å². The second kappa shape index (κ2) is 9.52. The van der Waals surface area contributed by atoms with Crippen LogP contribution in [0.2, 0.25) is 0 Å². The molecule has 0 aliphatic rings. The van der Waals surface area contributed by atoms with E-state index in [1.807, 2.05) is 0 Å². The molecule has 0 saturated heterocycles. The van der Waals surface area contributed by atoms with Crippen molar-refractivity contribution in [1.82, 2.24) is 0 Å². The van der Waals surface area contributed by atoms with Crippen molar-refractivity contribution in [2.45, 2.75) is 105 Å². The zero-order chi connectivity index (χ0) is 26.4. The quantitative estimate of drug-likeness (QED) is 0.325. The van der Waals surface area contributed by atoms with Crippen LogP contribution in [0.3, 0.4) is 0 Å². The zero-order valence-electron chi connectivity index (χ0n) is 24.3. The second-order valence-corrected chi connectivity index (χ2v) is 16.4. The molecule has 0 nitrogen and oxygen atoms in total. The summed E-state index contributed by atoms with van der Waals surface area (Å²) in [5.74, 6) is 0. The van der Waals surface area contributed by atoms with Gasteiger partial charge in [-0.25, -0.2) is 0 Å². The fourth-order valence-corrected chi connectivity index (χ4v) is 7.24. The van der Waals surface area contributed by atoms with Gasteiger partial charge in [0.1, 0.15) is 0 Å². The Hall–Kier alpha value is -1.91. The van der Waals surface area contributed by atoms with Gasteiger partial charge in [0, 0.05) is 0 Å². The molecule has 3 aromatic carbocycles. The van der Waals surface area contributed by atoms with E-state index in [-0.39, 0.29) is 21.7 Å². The Balaban J connectivity index is 2.32. The molecule has 0 aromatic heterocycles. The van der Waals surface area contributed by atoms with Crippen LogP contribution in [0.1, 0.15) is 105 Å². The van der Waals surface area contributed by atoms with Crippen molar-refractivity contribution in [2.24, 2.45) is 0 Å². The first-order valence-corrected chi connectivity index (χ1v) is 14.4. The fourth-order valence-electron chi connectivity index (χ4n) is 4.92. The molecule has 0 unspecified atom stereocenters. The average Bonchev–Trinajstić information content (AvgIpc) is 2.72. The standard InChI is InChI=1S/C34H47P/c1-31(2,3)27-20-18-25(22-29(27)33(7,8)9)35(24-16-14-13-15-17-24)26-19-21-28(32(4,5)6)30(23-26)34(10,11)12/h13-23H,1-12H3. The largest absolute Gasteiger partial charge is 0.0622 e. The lowest BCUT2D eigenvalue weighted by Gasteiger charge is -2.33. The highest BCUT2D eigenvalue weighted by Gasteiger charge is 2.29. The number of hydrogen-bond acceptors (Lipinski definition) is 0. The molecular weight excluding hydrogens is 439 g/mol. The molecule has 0 aliphatic carbocycles. The molecule has 0 aliphatic heterocycles. The van der Waals surface area contributed by atoms with Gasteiger partial charge in [0.2, 0.25) is 0 Å². The predicted octanol–water partition coefficient (Wildman–Crippen LogP) is 8.63. The highest BCUT2D eigenvalue weighted by atomic mass is 31.1. The first-order chi connectivity index (χ1) is 15.9. The highest BCUT2D eigenvalue weighted by molar-refractivity contribution is 7.79. The lowest BCUT2D eigenvalue weighted by Crippen LogP contribution is -2.28. The molecule has 0 fully saturated rings. The maximum atomic E-state index is 2.52. The maximum absolute atomic E-state index is 2.52. The summed E-state index contributed by atoms with van der Waals surface area (Å²) in [6.07, 6.45) is 0. The third-order valence-corrected chi connectivity index (χ3v) is 9.17. The van der Waals surface area contributed by atoms with Crippen LogP contribution in [0.5, 0.6) is 0 Å². The van der Waals surface area contributed by atoms with Crippen molar-refractivity contribution in [3.05, 3.63) is 89.0 Å². The molecule has 3 aromatic rings. The first-order valence-electron chi connectivity index (χ1n) is 13.1. The molecule has 0 amide bonds. The van der Waals surface area contributed by atoms with Crippen molar-refractivity contribution in [3.63, 3.8) is 0 Å². The van der Waals surface area contributed by atoms with Crippen LogP contribution >= 0.6 is 7.92 Å². The van der Waals surface area contributed by atoms with E-state index >= 15 is 0 Å². The van der Waals surface area contributed by atoms with Gasteiger partial charge in [-0.15, -0.1) is 0 Å². The van der Waals surface area contributed by atoms with Crippen molar-refractivity contribution in [1.29, 1.82) is 0 Å². The van der Waals surface area contributed by atoms with Gasteiger partial charge < -0.3 is 0 Å². The van der Waals surface area contributed by atoms with Crippen LogP contribution in [0, 0.1) is 0 Å². The van der Waals surface area contributed by atoms with E-state index in [1.54, 1.807) is 0 Å². The van der Waals surface area contributed by atoms with Gasteiger partial charge in [-0.2, -0.15) is 0 Å². The topological polar surface area (TPSA) is 0 Å². The molecular formula is C34H47P. The Labute approximate surface area is 217 Å². The minimum absolute atomic E-state index is 0.0863. The van der Waals surface area contributed by atoms with E-state index in [4.69, 9.17) is 0 Å². The SMILES string of the molecule is CC(C)(C)c1ccc(P(c2ccccc2)c2ccc(C(C)(C)C)c(C(C)(C)C)c2)cc1C(C)(C)C. The van der Waals surface area contributed by atoms with E-state index in [0.717, 1.165) is 0 Å². The highest BCUT2D eigenvalue weighted by Crippen LogP contribution is 2.41. The monoisotopic (exact) mass is 486 g/mol. The Bertz CT molecular complexity index is 1080. The van der Waals surface area contributed by atoms with Crippen LogP contribution in [-0.2, 0) is 21.7 Å². The van der Waals surface area contributed by atoms with Gasteiger partial charge >= 0.3 is 0 Å². The van der Waals surface area contributed by atoms with Crippen molar-refractivity contribution < 1.29 is 0 Å². The van der Waals surface area contributed by atoms with E-state index in [9.17, 15) is 0 Å². The fraction of sp³-hybridized carbons (Fsp3) is 0.471. The van der Waals surface area contributed by atoms with E-state index in [2.05, 4.69) is 150 Å². The average molecular weight is 487 g/mol. The normalized spacial score (nSPS) is 13.4. The van der Waals surface area contributed by atoms with Crippen LogP contribution < -0.4 is 15.9 Å². The molecule has 0 radical (unpaired) electrons. The minimum atomic E-state index is -0.669. The molecule has 1 heteroatoms. The van der Waals surface area contributed by atoms with Crippen molar-refractivity contribution in [3.8, 4) is 0 Å². The van der Waals surface area contributed by atoms with Gasteiger partial charge in [0.25, 0.3) is 0 Å². The molecule has 0 spiro atoms. The van der Waals surface area contributed by atoms with Gasteiger partial charge in [-0.1, -0.05) is 138 Å². The maximum Gasteiger partial charge on any atom is -0.0129 e. The summed E-state index contributed by atoms with van der Waals surface area (Å²) in [6.45, 7) is 28.1. The Morgan fingerprint density at radius 1 is 0.371 bits per heavy atom. The molecule has 0 atom stereocenters. The Morgan fingerprint density at radius 2 is 0.714 bits per heavy atom. The molecule has 0 heterocycles. The summed E-state index contributed by atoms with van der Waals surface area (Å²) in [5, 5.41) is 4.29. The summed E-state index contributed by atoms with van der Waals surface area (Å²) in [6, 6.07) is 25.8. The molecule has 0 N–H and O–H groups in total. The summed E-state index contributed by atoms with van der Waals surface area (Å²) in [5.41, 5.74) is 6.24. The summed E-state index contributed by atoms with van der Waals surface area (Å²) >= 11 is 0. The van der Waals surface area contributed by atoms with Gasteiger partial charge in [-0.3, -0.25) is 0 Å². The lowest BCUT2D eigenvalue weighted by molar-refractivity contribution is 0.530. The molecule has 0 bridgehead atoms. The molecule has 35 heavy (non-hydrogen) atoms. The number of hydrogen-bond donors (Lipinski definition) is 0. The number of rotatable bonds is 3. The van der Waals surface area contributed by atoms with Crippen LogP contribution in [0.25, 0.3) is 0 Å². The van der Waals surface area contributed by atoms with Crippen LogP contribution in [0.15, 0.2) is 66.7 Å². The third-order valence-electron chi connectivity index (χ3n) is 6.77. The van der Waals surface area contributed by atoms with Crippen LogP contribution in [0.4, 0.5) is 0 Å². The molecule has 188 valence electrons. The molecule has 0 saturated carbocycles. The van der Waals surface area contributed by atoms with Crippen molar-refractivity contribution in [2.75, 3.05) is 0 Å². The summed E-state index contributed by atoms with van der Waals surface area (Å²) < 4.78 is 0. The lowest BCUT2D eigenvalue weighted by atomic mass is 9.75. The summed E-state index contributed by atoms with van der Waals surface area (Å²) in [4.78, 5) is 0. The van der Waals surface area contributed by atoms with Crippen molar-refractivity contribution >= 4 is 23.8 Å². The van der Waals surface area contributed by atoms with E-state index < -0.39 is 7.92 Å². The Morgan fingerprint density at radius 3 is 1.03 bits per heavy atom. The summed E-state index contributed by atoms with van der Waals surface area (Å²) in [7, 11) is -0.669. The first kappa shape index (κ1) is 27.7. The molecule has 3 rings (SSSR count). The zero-order valence-corrected chi connectivity index (χ0v) is 25.2. The third kappa shape index (κ3) is 6.27. The van der Waals surface area contributed by atoms with Gasteiger partial charge in [-0.05, 0) is 79.9 Å². The Kier molecular flexibility index (Phi) is 7.52. The van der Waals surface area contributed by atoms with Gasteiger partial charge in [0.15, 0.2) is 0 Å².